The van der Waals surface area contributed by atoms with Crippen LogP contribution in [0, 0.1) is 17.0 Å². The van der Waals surface area contributed by atoms with Crippen LogP contribution in [-0.4, -0.2) is 59.1 Å². The molecule has 2 atom stereocenters. The largest absolute Gasteiger partial charge is 0.357 e. The van der Waals surface area contributed by atoms with Gasteiger partial charge in [-0.3, -0.25) is 15.0 Å². The Morgan fingerprint density at radius 3 is 2.33 bits per heavy atom. The van der Waals surface area contributed by atoms with Crippen LogP contribution in [0.1, 0.15) is 19.5 Å². The molecule has 0 amide bonds. The molecule has 1 aromatic heterocycles. The first-order valence-electron chi connectivity index (χ1n) is 7.02. The molecular formula is C13H22N6O2. The molecule has 1 aliphatic heterocycles. The number of hydrogen-bond acceptors (Lipinski definition) is 7. The van der Waals surface area contributed by atoms with Gasteiger partial charge in [0, 0.05) is 32.2 Å². The van der Waals surface area contributed by atoms with E-state index < -0.39 is 4.92 Å². The Labute approximate surface area is 124 Å². The summed E-state index contributed by atoms with van der Waals surface area (Å²) in [6, 6.07) is 0.614. The minimum atomic E-state index is -0.391. The van der Waals surface area contributed by atoms with Crippen LogP contribution in [0.4, 0.5) is 17.5 Å². The van der Waals surface area contributed by atoms with Gasteiger partial charge in [0.1, 0.15) is 5.69 Å². The van der Waals surface area contributed by atoms with Crippen molar-refractivity contribution in [3.63, 3.8) is 0 Å². The Hall–Kier alpha value is -1.96. The highest BCUT2D eigenvalue weighted by Crippen LogP contribution is 2.31. The predicted octanol–water partition coefficient (Wildman–Crippen LogP) is 1.26. The minimum absolute atomic E-state index is 0.00190. The summed E-state index contributed by atoms with van der Waals surface area (Å²) in [5.74, 6) is 0.816. The van der Waals surface area contributed by atoms with E-state index >= 15 is 0 Å². The number of aromatic nitrogens is 2. The van der Waals surface area contributed by atoms with Crippen LogP contribution in [0.5, 0.6) is 0 Å². The van der Waals surface area contributed by atoms with Gasteiger partial charge in [-0.1, -0.05) is 0 Å². The Kier molecular flexibility index (Phi) is 4.26. The normalized spacial score (nSPS) is 23.2. The number of rotatable bonds is 3. The van der Waals surface area contributed by atoms with Crippen molar-refractivity contribution in [2.24, 2.45) is 0 Å². The second-order valence-corrected chi connectivity index (χ2v) is 5.58. The lowest BCUT2D eigenvalue weighted by Gasteiger charge is -2.42. The van der Waals surface area contributed by atoms with Gasteiger partial charge in [-0.15, -0.1) is 0 Å². The third kappa shape index (κ3) is 2.90. The zero-order chi connectivity index (χ0) is 15.7. The van der Waals surface area contributed by atoms with Crippen LogP contribution < -0.4 is 10.2 Å². The average Bonchev–Trinajstić information content (AvgIpc) is 2.42. The number of hydrogen-bond donors (Lipinski definition) is 1. The van der Waals surface area contributed by atoms with Crippen LogP contribution in [0.3, 0.4) is 0 Å². The molecule has 116 valence electrons. The van der Waals surface area contributed by atoms with Crippen molar-refractivity contribution in [3.8, 4) is 0 Å². The Morgan fingerprint density at radius 1 is 1.29 bits per heavy atom. The highest BCUT2D eigenvalue weighted by atomic mass is 16.6. The van der Waals surface area contributed by atoms with Crippen molar-refractivity contribution < 1.29 is 4.92 Å². The highest BCUT2D eigenvalue weighted by Gasteiger charge is 2.33. The lowest BCUT2D eigenvalue weighted by atomic mass is 10.1. The minimum Gasteiger partial charge on any atom is -0.357 e. The zero-order valence-electron chi connectivity index (χ0n) is 13.1. The molecule has 0 radical (unpaired) electrons. The molecule has 1 fully saturated rings. The molecule has 0 aliphatic carbocycles. The molecule has 8 nitrogen and oxygen atoms in total. The fraction of sp³-hybridized carbons (Fsp3) is 0.692. The Bertz CT molecular complexity index is 538. The van der Waals surface area contributed by atoms with Crippen molar-refractivity contribution in [1.82, 2.24) is 14.9 Å². The van der Waals surface area contributed by atoms with E-state index in [4.69, 9.17) is 0 Å². The number of nitrogens with zero attached hydrogens (tertiary/aromatic N) is 5. The van der Waals surface area contributed by atoms with Gasteiger partial charge in [-0.05, 0) is 27.8 Å². The van der Waals surface area contributed by atoms with Gasteiger partial charge >= 0.3 is 5.69 Å². The third-order valence-corrected chi connectivity index (χ3v) is 4.11. The number of nitro groups is 1. The van der Waals surface area contributed by atoms with Gasteiger partial charge in [-0.2, -0.15) is 4.98 Å². The smallest absolute Gasteiger partial charge is 0.332 e. The van der Waals surface area contributed by atoms with E-state index in [1.165, 1.54) is 0 Å². The molecule has 1 aromatic rings. The van der Waals surface area contributed by atoms with Crippen LogP contribution >= 0.6 is 0 Å². The molecule has 0 spiro atoms. The van der Waals surface area contributed by atoms with Crippen LogP contribution in [0.25, 0.3) is 0 Å². The number of likely N-dealkylation sites (N-methyl/N-ethyl adjacent to an activating group) is 1. The first-order chi connectivity index (χ1) is 9.85. The van der Waals surface area contributed by atoms with Gasteiger partial charge in [0.15, 0.2) is 0 Å². The van der Waals surface area contributed by atoms with E-state index in [1.807, 2.05) is 4.90 Å². The number of nitrogens with one attached hydrogen (secondary N) is 1. The lowest BCUT2D eigenvalue weighted by molar-refractivity contribution is -0.385. The summed E-state index contributed by atoms with van der Waals surface area (Å²) in [6.45, 7) is 7.29. The molecule has 0 aromatic carbocycles. The molecule has 2 unspecified atom stereocenters. The fourth-order valence-corrected chi connectivity index (χ4v) is 2.68. The van der Waals surface area contributed by atoms with Gasteiger partial charge in [0.25, 0.3) is 0 Å². The first-order valence-corrected chi connectivity index (χ1v) is 7.02. The maximum absolute atomic E-state index is 11.4. The molecule has 2 rings (SSSR count). The number of piperazine rings is 1. The highest BCUT2D eigenvalue weighted by molar-refractivity contribution is 5.62. The summed E-state index contributed by atoms with van der Waals surface area (Å²) in [5.41, 5.74) is 0.381. The van der Waals surface area contributed by atoms with Gasteiger partial charge in [0.05, 0.1) is 4.92 Å². The topological polar surface area (TPSA) is 87.4 Å². The van der Waals surface area contributed by atoms with Crippen LogP contribution in [0.15, 0.2) is 0 Å². The van der Waals surface area contributed by atoms with E-state index in [2.05, 4.69) is 41.1 Å². The van der Waals surface area contributed by atoms with Crippen molar-refractivity contribution in [3.05, 3.63) is 15.8 Å². The second kappa shape index (κ2) is 5.80. The van der Waals surface area contributed by atoms with Gasteiger partial charge < -0.3 is 10.2 Å². The molecule has 1 aliphatic rings. The maximum Gasteiger partial charge on any atom is 0.332 e. The van der Waals surface area contributed by atoms with E-state index in [9.17, 15) is 10.1 Å². The molecule has 0 bridgehead atoms. The predicted molar refractivity (Wildman–Crippen MR) is 81.9 cm³/mol. The van der Waals surface area contributed by atoms with E-state index in [-0.39, 0.29) is 5.69 Å². The summed E-state index contributed by atoms with van der Waals surface area (Å²) in [7, 11) is 3.78. The molecule has 0 saturated carbocycles. The van der Waals surface area contributed by atoms with E-state index in [0.29, 0.717) is 42.6 Å². The summed E-state index contributed by atoms with van der Waals surface area (Å²) in [6.07, 6.45) is 0. The molecule has 8 heteroatoms. The maximum atomic E-state index is 11.4. The third-order valence-electron chi connectivity index (χ3n) is 4.11. The first kappa shape index (κ1) is 15.4. The monoisotopic (exact) mass is 294 g/mol. The summed E-state index contributed by atoms with van der Waals surface area (Å²) < 4.78 is 0. The Balaban J connectivity index is 2.46. The van der Waals surface area contributed by atoms with Gasteiger partial charge in [-0.25, -0.2) is 4.98 Å². The van der Waals surface area contributed by atoms with Gasteiger partial charge in [0.2, 0.25) is 11.8 Å². The quantitative estimate of drug-likeness (QED) is 0.663. The van der Waals surface area contributed by atoms with Crippen molar-refractivity contribution >= 4 is 17.5 Å². The van der Waals surface area contributed by atoms with Crippen molar-refractivity contribution in [2.75, 3.05) is 37.4 Å². The Morgan fingerprint density at radius 2 is 1.86 bits per heavy atom. The summed E-state index contributed by atoms with van der Waals surface area (Å²) in [4.78, 5) is 23.7. The standard InChI is InChI=1S/C13H22N6O2/c1-8-6-18(7-9(2)17(8)5)12-11(19(20)21)10(3)15-13(14-4)16-12/h8-9H,6-7H2,1-5H3,(H,14,15,16). The van der Waals surface area contributed by atoms with Crippen molar-refractivity contribution in [2.45, 2.75) is 32.9 Å². The number of anilines is 2. The fourth-order valence-electron chi connectivity index (χ4n) is 2.68. The summed E-state index contributed by atoms with van der Waals surface area (Å²) in [5, 5.41) is 14.2. The molecule has 1 saturated heterocycles. The lowest BCUT2D eigenvalue weighted by Crippen LogP contribution is -2.55. The van der Waals surface area contributed by atoms with Crippen LogP contribution in [0.2, 0.25) is 0 Å². The SMILES string of the molecule is CNc1nc(C)c([N+](=O)[O-])c(N2CC(C)N(C)C(C)C2)n1. The molecular weight excluding hydrogens is 272 g/mol. The summed E-state index contributed by atoms with van der Waals surface area (Å²) >= 11 is 0. The average molecular weight is 294 g/mol. The molecule has 2 heterocycles. The van der Waals surface area contributed by atoms with E-state index in [0.717, 1.165) is 0 Å². The second-order valence-electron chi connectivity index (χ2n) is 5.58. The molecule has 21 heavy (non-hydrogen) atoms. The van der Waals surface area contributed by atoms with Crippen LogP contribution in [-0.2, 0) is 0 Å². The van der Waals surface area contributed by atoms with Crippen molar-refractivity contribution in [1.29, 1.82) is 0 Å². The molecule has 1 N–H and O–H groups in total. The zero-order valence-corrected chi connectivity index (χ0v) is 13.1. The number of aryl methyl sites for hydroxylation is 1. The van der Waals surface area contributed by atoms with E-state index in [1.54, 1.807) is 14.0 Å².